The summed E-state index contributed by atoms with van der Waals surface area (Å²) < 4.78 is 11.3. The number of benzene rings is 3. The first kappa shape index (κ1) is 22.7. The van der Waals surface area contributed by atoms with Gasteiger partial charge in [-0.2, -0.15) is 0 Å². The van der Waals surface area contributed by atoms with E-state index in [1.807, 2.05) is 31.2 Å². The molecule has 0 aliphatic carbocycles. The summed E-state index contributed by atoms with van der Waals surface area (Å²) in [5.74, 6) is -1.40. The third-order valence-electron chi connectivity index (χ3n) is 6.21. The van der Waals surface area contributed by atoms with Gasteiger partial charge in [0.2, 0.25) is 5.78 Å². The van der Waals surface area contributed by atoms with Crippen LogP contribution in [-0.4, -0.2) is 23.9 Å². The van der Waals surface area contributed by atoms with Crippen molar-refractivity contribution < 1.29 is 23.8 Å². The van der Waals surface area contributed by atoms with Crippen LogP contribution in [0.5, 0.6) is 5.75 Å². The highest BCUT2D eigenvalue weighted by atomic mass is 35.5. The number of carbonyl (C=O) groups is 2. The first-order chi connectivity index (χ1) is 16.9. The van der Waals surface area contributed by atoms with E-state index in [4.69, 9.17) is 20.8 Å². The predicted octanol–water partition coefficient (Wildman–Crippen LogP) is 6.44. The van der Waals surface area contributed by atoms with Crippen LogP contribution in [0.15, 0.2) is 88.5 Å². The van der Waals surface area contributed by atoms with Crippen molar-refractivity contribution in [3.63, 3.8) is 0 Å². The monoisotopic (exact) mass is 487 g/mol. The molecule has 1 aliphatic rings. The Labute approximate surface area is 207 Å². The molecule has 1 aromatic heterocycles. The lowest BCUT2D eigenvalue weighted by molar-refractivity contribution is -0.117. The number of aryl methyl sites for hydroxylation is 1. The quantitative estimate of drug-likeness (QED) is 0.316. The molecule has 1 amide bonds. The summed E-state index contributed by atoms with van der Waals surface area (Å²) in [6.45, 7) is 2.04. The molecule has 6 nitrogen and oxygen atoms in total. The van der Waals surface area contributed by atoms with E-state index >= 15 is 0 Å². The van der Waals surface area contributed by atoms with E-state index in [9.17, 15) is 14.7 Å². The van der Waals surface area contributed by atoms with E-state index in [1.165, 1.54) is 12.0 Å². The van der Waals surface area contributed by atoms with Gasteiger partial charge in [0, 0.05) is 21.7 Å². The molecule has 0 fully saturated rings. The van der Waals surface area contributed by atoms with Gasteiger partial charge in [-0.15, -0.1) is 0 Å². The van der Waals surface area contributed by atoms with Gasteiger partial charge in [-0.05, 0) is 54.4 Å². The topological polar surface area (TPSA) is 80.0 Å². The van der Waals surface area contributed by atoms with Crippen molar-refractivity contribution in [3.8, 4) is 5.75 Å². The molecule has 0 radical (unpaired) electrons. The number of aliphatic hydroxyl groups is 1. The van der Waals surface area contributed by atoms with Crippen LogP contribution in [0.1, 0.15) is 34.6 Å². The standard InChI is InChI=1S/C28H22ClNO5/c1-3-16-8-11-19(12-9-16)30-25(20-6-4-5-7-22(20)34-2)24(27(32)28(30)33)26(31)23-15-17-14-18(29)10-13-21(17)35-23/h4-15,25,32H,3H2,1-2H3. The second-order valence-corrected chi connectivity index (χ2v) is 8.66. The Hall–Kier alpha value is -4.03. The second-order valence-electron chi connectivity index (χ2n) is 8.22. The van der Waals surface area contributed by atoms with Crippen molar-refractivity contribution in [1.29, 1.82) is 0 Å². The minimum absolute atomic E-state index is 0.000282. The number of nitrogens with zero attached hydrogens (tertiary/aromatic N) is 1. The molecule has 0 saturated carbocycles. The summed E-state index contributed by atoms with van der Waals surface area (Å²) in [6.07, 6.45) is 0.841. The number of para-hydroxylation sites is 1. The van der Waals surface area contributed by atoms with Crippen LogP contribution in [0, 0.1) is 0 Å². The number of furan rings is 1. The smallest absolute Gasteiger partial charge is 0.294 e. The van der Waals surface area contributed by atoms with Gasteiger partial charge in [-0.1, -0.05) is 48.9 Å². The molecule has 1 aliphatic heterocycles. The first-order valence-electron chi connectivity index (χ1n) is 11.1. The van der Waals surface area contributed by atoms with Gasteiger partial charge in [0.25, 0.3) is 5.91 Å². The average Bonchev–Trinajstić information content (AvgIpc) is 3.42. The number of hydrogen-bond donors (Lipinski definition) is 1. The van der Waals surface area contributed by atoms with Crippen LogP contribution in [0.3, 0.4) is 0 Å². The molecule has 0 spiro atoms. The summed E-state index contributed by atoms with van der Waals surface area (Å²) in [5.41, 5.74) is 2.61. The van der Waals surface area contributed by atoms with E-state index in [0.717, 1.165) is 12.0 Å². The molecule has 0 saturated heterocycles. The lowest BCUT2D eigenvalue weighted by Gasteiger charge is -2.28. The van der Waals surface area contributed by atoms with Gasteiger partial charge in [0.15, 0.2) is 11.5 Å². The van der Waals surface area contributed by atoms with Gasteiger partial charge in [0.05, 0.1) is 18.7 Å². The van der Waals surface area contributed by atoms with Gasteiger partial charge in [-0.3, -0.25) is 14.5 Å². The number of rotatable bonds is 6. The summed E-state index contributed by atoms with van der Waals surface area (Å²) in [5, 5.41) is 12.1. The van der Waals surface area contributed by atoms with E-state index in [1.54, 1.807) is 48.5 Å². The predicted molar refractivity (Wildman–Crippen MR) is 134 cm³/mol. The van der Waals surface area contributed by atoms with Crippen LogP contribution in [0.4, 0.5) is 5.69 Å². The fourth-order valence-corrected chi connectivity index (χ4v) is 4.62. The summed E-state index contributed by atoms with van der Waals surface area (Å²) in [7, 11) is 1.52. The number of ether oxygens (including phenoxy) is 1. The van der Waals surface area contributed by atoms with E-state index in [-0.39, 0.29) is 11.3 Å². The molecule has 4 aromatic rings. The number of ketones is 1. The number of Topliss-reactive ketones (excluding diaryl/α,β-unsaturated/α-hetero) is 1. The zero-order valence-electron chi connectivity index (χ0n) is 19.1. The molecule has 1 N–H and O–H groups in total. The number of amides is 1. The Bertz CT molecular complexity index is 1490. The Balaban J connectivity index is 1.67. The number of anilines is 1. The Morgan fingerprint density at radius 2 is 1.83 bits per heavy atom. The Morgan fingerprint density at radius 1 is 1.09 bits per heavy atom. The maximum Gasteiger partial charge on any atom is 0.294 e. The highest BCUT2D eigenvalue weighted by Crippen LogP contribution is 2.45. The number of methoxy groups -OCH3 is 1. The molecule has 5 rings (SSSR count). The maximum absolute atomic E-state index is 13.8. The Morgan fingerprint density at radius 3 is 2.54 bits per heavy atom. The zero-order chi connectivity index (χ0) is 24.7. The maximum atomic E-state index is 13.8. The van der Waals surface area contributed by atoms with Gasteiger partial charge >= 0.3 is 0 Å². The van der Waals surface area contributed by atoms with Gasteiger partial charge in [-0.25, -0.2) is 0 Å². The first-order valence-corrected chi connectivity index (χ1v) is 11.5. The van der Waals surface area contributed by atoms with Crippen LogP contribution >= 0.6 is 11.6 Å². The second kappa shape index (κ2) is 8.96. The van der Waals surface area contributed by atoms with Crippen LogP contribution < -0.4 is 9.64 Å². The largest absolute Gasteiger partial charge is 0.503 e. The van der Waals surface area contributed by atoms with Crippen molar-refractivity contribution in [3.05, 3.63) is 106 Å². The third-order valence-corrected chi connectivity index (χ3v) is 6.45. The van der Waals surface area contributed by atoms with E-state index in [0.29, 0.717) is 33.0 Å². The molecule has 35 heavy (non-hydrogen) atoms. The van der Waals surface area contributed by atoms with Crippen LogP contribution in [0.2, 0.25) is 5.02 Å². The molecule has 0 bridgehead atoms. The average molecular weight is 488 g/mol. The van der Waals surface area contributed by atoms with Crippen molar-refractivity contribution >= 4 is 39.9 Å². The normalized spacial score (nSPS) is 15.8. The summed E-state index contributed by atoms with van der Waals surface area (Å²) in [6, 6.07) is 20.2. The lowest BCUT2D eigenvalue weighted by atomic mass is 9.94. The molecule has 1 atom stereocenters. The fraction of sp³-hybridized carbons (Fsp3) is 0.143. The van der Waals surface area contributed by atoms with Crippen molar-refractivity contribution in [2.24, 2.45) is 0 Å². The molecule has 176 valence electrons. The molecule has 7 heteroatoms. The van der Waals surface area contributed by atoms with E-state index < -0.39 is 23.5 Å². The highest BCUT2D eigenvalue weighted by molar-refractivity contribution is 6.31. The summed E-state index contributed by atoms with van der Waals surface area (Å²) in [4.78, 5) is 28.6. The van der Waals surface area contributed by atoms with Crippen LogP contribution in [0.25, 0.3) is 11.0 Å². The fourth-order valence-electron chi connectivity index (χ4n) is 4.44. The van der Waals surface area contributed by atoms with E-state index in [2.05, 4.69) is 0 Å². The minimum atomic E-state index is -0.921. The third kappa shape index (κ3) is 3.86. The van der Waals surface area contributed by atoms with Gasteiger partial charge in [0.1, 0.15) is 11.3 Å². The molecular formula is C28H22ClNO5. The number of aliphatic hydroxyl groups excluding tert-OH is 1. The molecule has 2 heterocycles. The molecular weight excluding hydrogens is 466 g/mol. The van der Waals surface area contributed by atoms with Crippen molar-refractivity contribution in [1.82, 2.24) is 0 Å². The molecule has 1 unspecified atom stereocenters. The highest BCUT2D eigenvalue weighted by Gasteiger charge is 2.46. The van der Waals surface area contributed by atoms with Crippen LogP contribution in [-0.2, 0) is 11.2 Å². The van der Waals surface area contributed by atoms with Crippen molar-refractivity contribution in [2.75, 3.05) is 12.0 Å². The van der Waals surface area contributed by atoms with Gasteiger partial charge < -0.3 is 14.3 Å². The number of halogens is 1. The number of carbonyl (C=O) groups excluding carboxylic acids is 2. The molecule has 3 aromatic carbocycles. The number of hydrogen-bond acceptors (Lipinski definition) is 5. The minimum Gasteiger partial charge on any atom is -0.503 e. The lowest BCUT2D eigenvalue weighted by Crippen LogP contribution is -2.31. The number of fused-ring (bicyclic) bond motifs is 1. The van der Waals surface area contributed by atoms with Crippen molar-refractivity contribution in [2.45, 2.75) is 19.4 Å². The SMILES string of the molecule is CCc1ccc(N2C(=O)C(O)=C(C(=O)c3cc4cc(Cl)ccc4o3)C2c2ccccc2OC)cc1. The summed E-state index contributed by atoms with van der Waals surface area (Å²) >= 11 is 6.08. The Kier molecular flexibility index (Phi) is 5.83. The zero-order valence-corrected chi connectivity index (χ0v) is 19.9.